The summed E-state index contributed by atoms with van der Waals surface area (Å²) in [5.41, 5.74) is -3.73. The van der Waals surface area contributed by atoms with Crippen LogP contribution in [0.2, 0.25) is 0 Å². The zero-order valence-electron chi connectivity index (χ0n) is 13.0. The van der Waals surface area contributed by atoms with Crippen molar-refractivity contribution in [2.75, 3.05) is 6.61 Å². The lowest BCUT2D eigenvalue weighted by molar-refractivity contribution is -0.138. The maximum atomic E-state index is 14.1. The molecular weight excluding hydrogens is 349 g/mol. The second kappa shape index (κ2) is 7.62. The summed E-state index contributed by atoms with van der Waals surface area (Å²) < 4.78 is 71.2. The van der Waals surface area contributed by atoms with Crippen LogP contribution in [0.1, 0.15) is 42.1 Å². The van der Waals surface area contributed by atoms with Crippen molar-refractivity contribution in [2.45, 2.75) is 32.2 Å². The van der Waals surface area contributed by atoms with Crippen LogP contribution in [0.3, 0.4) is 0 Å². The van der Waals surface area contributed by atoms with Gasteiger partial charge in [-0.3, -0.25) is 4.79 Å². The van der Waals surface area contributed by atoms with Gasteiger partial charge in [0.2, 0.25) is 5.78 Å². The van der Waals surface area contributed by atoms with Gasteiger partial charge in [-0.1, -0.05) is 0 Å². The lowest BCUT2D eigenvalue weighted by atomic mass is 10.00. The summed E-state index contributed by atoms with van der Waals surface area (Å²) >= 11 is 0. The second-order valence-corrected chi connectivity index (χ2v) is 5.30. The van der Waals surface area contributed by atoms with E-state index >= 15 is 0 Å². The summed E-state index contributed by atoms with van der Waals surface area (Å²) in [4.78, 5) is 24.3. The van der Waals surface area contributed by atoms with Crippen LogP contribution >= 0.6 is 0 Å². The molecule has 4 nitrogen and oxygen atoms in total. The van der Waals surface area contributed by atoms with E-state index in [1.54, 1.807) is 0 Å². The fraction of sp³-hybridized carbons (Fsp3) is 0.375. The van der Waals surface area contributed by atoms with E-state index in [1.807, 2.05) is 0 Å². The molecular formula is C16H14F5NO3. The van der Waals surface area contributed by atoms with Crippen LogP contribution in [-0.4, -0.2) is 24.4 Å². The summed E-state index contributed by atoms with van der Waals surface area (Å²) in [6, 6.07) is 0.159. The molecule has 1 aromatic rings. The number of carbonyl (C=O) groups excluding carboxylic acids is 2. The molecule has 136 valence electrons. The van der Waals surface area contributed by atoms with E-state index in [9.17, 15) is 31.5 Å². The molecule has 1 N–H and O–H groups in total. The molecule has 0 amide bonds. The molecule has 0 atom stereocenters. The number of hydrogen-bond donors (Lipinski definition) is 1. The maximum Gasteiger partial charge on any atom is 0.343 e. The molecule has 0 saturated heterocycles. The predicted octanol–water partition coefficient (Wildman–Crippen LogP) is 3.42. The molecule has 2 rings (SSSR count). The van der Waals surface area contributed by atoms with Crippen LogP contribution in [0.15, 0.2) is 17.8 Å². The smallest absolute Gasteiger partial charge is 0.343 e. The Balaban J connectivity index is 2.47. The Morgan fingerprint density at radius 3 is 2.44 bits per heavy atom. The molecule has 1 aliphatic rings. The van der Waals surface area contributed by atoms with Gasteiger partial charge >= 0.3 is 5.97 Å². The molecule has 0 bridgehead atoms. The van der Waals surface area contributed by atoms with Gasteiger partial charge in [-0.05, 0) is 25.8 Å². The number of halogens is 5. The number of Topliss-reactive ketones (excluding diaryl/α,β-unsaturated/α-hetero) is 1. The molecule has 0 radical (unpaired) electrons. The zero-order valence-corrected chi connectivity index (χ0v) is 13.0. The Morgan fingerprint density at radius 2 is 1.92 bits per heavy atom. The number of hydrogen-bond acceptors (Lipinski definition) is 4. The van der Waals surface area contributed by atoms with E-state index < -0.39 is 52.3 Å². The van der Waals surface area contributed by atoms with Gasteiger partial charge in [-0.25, -0.2) is 26.7 Å². The maximum absolute atomic E-state index is 14.1. The number of ketones is 1. The fourth-order valence-corrected chi connectivity index (χ4v) is 2.00. The minimum atomic E-state index is -3.68. The molecule has 1 fully saturated rings. The number of alkyl halides is 2. The molecule has 0 spiro atoms. The van der Waals surface area contributed by atoms with Crippen molar-refractivity contribution in [3.63, 3.8) is 0 Å². The first-order valence-corrected chi connectivity index (χ1v) is 7.41. The largest absolute Gasteiger partial charge is 0.462 e. The van der Waals surface area contributed by atoms with Gasteiger partial charge < -0.3 is 10.1 Å². The molecule has 1 saturated carbocycles. The molecule has 0 aromatic heterocycles. The van der Waals surface area contributed by atoms with Crippen LogP contribution in [0.5, 0.6) is 0 Å². The summed E-state index contributed by atoms with van der Waals surface area (Å²) in [5, 5.41) is 2.71. The highest BCUT2D eigenvalue weighted by atomic mass is 19.3. The molecule has 0 aliphatic heterocycles. The van der Waals surface area contributed by atoms with E-state index in [0.29, 0.717) is 0 Å². The van der Waals surface area contributed by atoms with Crippen molar-refractivity contribution in [3.05, 3.63) is 46.4 Å². The molecule has 9 heteroatoms. The van der Waals surface area contributed by atoms with Crippen LogP contribution in [0, 0.1) is 17.5 Å². The summed E-state index contributed by atoms with van der Waals surface area (Å²) in [7, 11) is 0. The Labute approximate surface area is 139 Å². The van der Waals surface area contributed by atoms with E-state index in [0.717, 1.165) is 19.0 Å². The third-order valence-electron chi connectivity index (χ3n) is 3.43. The average molecular weight is 363 g/mol. The Bertz CT molecular complexity index is 729. The number of ether oxygens (including phenoxy) is 1. The van der Waals surface area contributed by atoms with Gasteiger partial charge in [0.15, 0.2) is 11.6 Å². The second-order valence-electron chi connectivity index (χ2n) is 5.30. The molecule has 1 aliphatic carbocycles. The topological polar surface area (TPSA) is 55.4 Å². The quantitative estimate of drug-likeness (QED) is 0.153. The predicted molar refractivity (Wildman–Crippen MR) is 76.5 cm³/mol. The van der Waals surface area contributed by atoms with Gasteiger partial charge in [-0.15, -0.1) is 0 Å². The number of nitrogens with one attached hydrogen (secondary N) is 1. The normalized spacial score (nSPS) is 14.6. The number of carbonyl (C=O) groups is 2. The van der Waals surface area contributed by atoms with Crippen molar-refractivity contribution in [2.24, 2.45) is 0 Å². The van der Waals surface area contributed by atoms with Crippen molar-refractivity contribution < 1.29 is 36.3 Å². The monoisotopic (exact) mass is 363 g/mol. The molecule has 25 heavy (non-hydrogen) atoms. The van der Waals surface area contributed by atoms with Gasteiger partial charge in [-0.2, -0.15) is 0 Å². The lowest BCUT2D eigenvalue weighted by Gasteiger charge is -2.11. The first-order valence-electron chi connectivity index (χ1n) is 7.41. The van der Waals surface area contributed by atoms with Crippen molar-refractivity contribution >= 4 is 11.8 Å². The zero-order chi connectivity index (χ0) is 18.7. The third kappa shape index (κ3) is 4.15. The lowest BCUT2D eigenvalue weighted by Crippen LogP contribution is -2.22. The summed E-state index contributed by atoms with van der Waals surface area (Å²) in [5.74, 6) is -8.34. The van der Waals surface area contributed by atoms with Crippen molar-refractivity contribution in [1.82, 2.24) is 5.32 Å². The minimum absolute atomic E-state index is 0.0173. The van der Waals surface area contributed by atoms with Gasteiger partial charge in [0, 0.05) is 12.2 Å². The molecule has 0 heterocycles. The standard InChI is InChI=1S/C16H14F5NO3/c1-2-25-16(24)9(6-22-7-3-4-7)14(23)8-5-10(17)13(19)11(12(8)18)15(20)21/h5-7,15,22H,2-4H2,1H3. The van der Waals surface area contributed by atoms with E-state index in [4.69, 9.17) is 0 Å². The van der Waals surface area contributed by atoms with Crippen molar-refractivity contribution in [1.29, 1.82) is 0 Å². The minimum Gasteiger partial charge on any atom is -0.462 e. The van der Waals surface area contributed by atoms with Gasteiger partial charge in [0.05, 0.1) is 17.7 Å². The van der Waals surface area contributed by atoms with E-state index in [2.05, 4.69) is 10.1 Å². The van der Waals surface area contributed by atoms with E-state index in [-0.39, 0.29) is 18.7 Å². The SMILES string of the molecule is CCOC(=O)C(=CNC1CC1)C(=O)c1cc(F)c(F)c(C(F)F)c1F. The Hall–Kier alpha value is -2.45. The van der Waals surface area contributed by atoms with Crippen molar-refractivity contribution in [3.8, 4) is 0 Å². The highest BCUT2D eigenvalue weighted by Crippen LogP contribution is 2.30. The number of esters is 1. The average Bonchev–Trinajstić information content (AvgIpc) is 3.35. The first-order chi connectivity index (χ1) is 11.8. The Kier molecular flexibility index (Phi) is 5.76. The number of benzene rings is 1. The van der Waals surface area contributed by atoms with Gasteiger partial charge in [0.1, 0.15) is 11.4 Å². The highest BCUT2D eigenvalue weighted by Gasteiger charge is 2.32. The fourth-order valence-electron chi connectivity index (χ4n) is 2.00. The Morgan fingerprint density at radius 1 is 1.28 bits per heavy atom. The van der Waals surface area contributed by atoms with Crippen LogP contribution in [0.4, 0.5) is 22.0 Å². The first kappa shape index (κ1) is 18.9. The number of rotatable bonds is 7. The van der Waals surface area contributed by atoms with Crippen LogP contribution in [-0.2, 0) is 9.53 Å². The highest BCUT2D eigenvalue weighted by molar-refractivity contribution is 6.24. The molecule has 1 aromatic carbocycles. The summed E-state index contributed by atoms with van der Waals surface area (Å²) in [6.07, 6.45) is -1.13. The third-order valence-corrected chi connectivity index (χ3v) is 3.43. The van der Waals surface area contributed by atoms with Crippen LogP contribution < -0.4 is 5.32 Å². The van der Waals surface area contributed by atoms with Gasteiger partial charge in [0.25, 0.3) is 6.43 Å². The summed E-state index contributed by atoms with van der Waals surface area (Å²) in [6.45, 7) is 1.36. The van der Waals surface area contributed by atoms with E-state index in [1.165, 1.54) is 6.92 Å². The van der Waals surface area contributed by atoms with Crippen LogP contribution in [0.25, 0.3) is 0 Å². The molecule has 0 unspecified atom stereocenters.